The molecule has 0 spiro atoms. The van der Waals surface area contributed by atoms with E-state index >= 15 is 0 Å². The smallest absolute Gasteiger partial charge is 0.339 e. The topological polar surface area (TPSA) is 109 Å². The maximum absolute atomic E-state index is 13.0. The SMILES string of the molecule is Cc1cc(/C=C2\SC(=O)N(CC(=O)Nc3cccc(Cl)c3)C2=O)c(C)n1-c1sc2c(c1C(=O)O)CCCC2. The normalized spacial score (nSPS) is 16.3. The van der Waals surface area contributed by atoms with Crippen molar-refractivity contribution in [2.45, 2.75) is 39.5 Å². The number of halogens is 1. The first-order chi connectivity index (χ1) is 18.1. The minimum atomic E-state index is -0.939. The van der Waals surface area contributed by atoms with Gasteiger partial charge >= 0.3 is 5.97 Å². The maximum atomic E-state index is 13.0. The Bertz CT molecular complexity index is 1540. The number of thioether (sulfide) groups is 1. The molecule has 0 radical (unpaired) electrons. The van der Waals surface area contributed by atoms with Gasteiger partial charge < -0.3 is 15.0 Å². The summed E-state index contributed by atoms with van der Waals surface area (Å²) >= 11 is 8.23. The largest absolute Gasteiger partial charge is 0.478 e. The molecule has 5 rings (SSSR count). The number of nitrogens with zero attached hydrogens (tertiary/aromatic N) is 2. The Kier molecular flexibility index (Phi) is 7.21. The summed E-state index contributed by atoms with van der Waals surface area (Å²) in [5.74, 6) is -2.01. The summed E-state index contributed by atoms with van der Waals surface area (Å²) in [4.78, 5) is 52.6. The van der Waals surface area contributed by atoms with E-state index in [0.29, 0.717) is 26.8 Å². The predicted molar refractivity (Wildman–Crippen MR) is 149 cm³/mol. The van der Waals surface area contributed by atoms with Crippen molar-refractivity contribution in [3.05, 3.63) is 73.2 Å². The number of aromatic nitrogens is 1. The van der Waals surface area contributed by atoms with Crippen LogP contribution in [0.1, 0.15) is 50.6 Å². The molecular weight excluding hydrogens is 546 g/mol. The molecule has 1 fully saturated rings. The fraction of sp³-hybridized carbons (Fsp3) is 0.259. The van der Waals surface area contributed by atoms with Crippen LogP contribution in [0.2, 0.25) is 5.02 Å². The molecule has 0 saturated carbocycles. The van der Waals surface area contributed by atoms with Crippen molar-refractivity contribution in [3.8, 4) is 5.00 Å². The van der Waals surface area contributed by atoms with E-state index < -0.39 is 29.6 Å². The molecule has 3 aromatic rings. The second-order valence-corrected chi connectivity index (χ2v) is 11.7. The Balaban J connectivity index is 1.40. The quantitative estimate of drug-likeness (QED) is 0.349. The molecule has 0 unspecified atom stereocenters. The van der Waals surface area contributed by atoms with Crippen molar-refractivity contribution in [3.63, 3.8) is 0 Å². The highest BCUT2D eigenvalue weighted by atomic mass is 35.5. The minimum absolute atomic E-state index is 0.203. The summed E-state index contributed by atoms with van der Waals surface area (Å²) in [6.45, 7) is 3.34. The maximum Gasteiger partial charge on any atom is 0.339 e. The van der Waals surface area contributed by atoms with Gasteiger partial charge in [-0.25, -0.2) is 4.79 Å². The molecule has 3 amide bonds. The minimum Gasteiger partial charge on any atom is -0.478 e. The van der Waals surface area contributed by atoms with Crippen LogP contribution in [-0.2, 0) is 22.4 Å². The van der Waals surface area contributed by atoms with Crippen LogP contribution in [0.5, 0.6) is 0 Å². The average Bonchev–Trinajstić information content (AvgIpc) is 3.46. The van der Waals surface area contributed by atoms with Gasteiger partial charge in [0.15, 0.2) is 0 Å². The number of nitrogens with one attached hydrogen (secondary N) is 1. The zero-order chi connectivity index (χ0) is 27.1. The molecule has 8 nitrogen and oxygen atoms in total. The summed E-state index contributed by atoms with van der Waals surface area (Å²) < 4.78 is 1.92. The summed E-state index contributed by atoms with van der Waals surface area (Å²) in [6, 6.07) is 8.46. The zero-order valence-electron chi connectivity index (χ0n) is 20.7. The first-order valence-electron chi connectivity index (χ1n) is 12.0. The lowest BCUT2D eigenvalue weighted by molar-refractivity contribution is -0.127. The molecule has 1 aliphatic carbocycles. The van der Waals surface area contributed by atoms with Crippen LogP contribution >= 0.6 is 34.7 Å². The number of hydrogen-bond acceptors (Lipinski definition) is 6. The van der Waals surface area contributed by atoms with E-state index in [1.165, 1.54) is 11.3 Å². The number of anilines is 1. The van der Waals surface area contributed by atoms with Gasteiger partial charge in [0.05, 0.1) is 10.5 Å². The molecule has 196 valence electrons. The third-order valence-corrected chi connectivity index (χ3v) is 9.03. The van der Waals surface area contributed by atoms with Crippen LogP contribution in [0.25, 0.3) is 11.1 Å². The molecule has 0 atom stereocenters. The number of benzene rings is 1. The van der Waals surface area contributed by atoms with Gasteiger partial charge in [-0.2, -0.15) is 0 Å². The molecule has 11 heteroatoms. The molecule has 1 aromatic carbocycles. The number of carbonyl (C=O) groups is 4. The van der Waals surface area contributed by atoms with E-state index in [1.54, 1.807) is 30.3 Å². The number of carboxylic acid groups (broad SMARTS) is 1. The Morgan fingerprint density at radius 2 is 1.92 bits per heavy atom. The van der Waals surface area contributed by atoms with Crippen molar-refractivity contribution in [1.29, 1.82) is 0 Å². The van der Waals surface area contributed by atoms with E-state index in [1.807, 2.05) is 24.5 Å². The number of hydrogen-bond donors (Lipinski definition) is 2. The number of carbonyl (C=O) groups excluding carboxylic acids is 3. The highest BCUT2D eigenvalue weighted by Crippen LogP contribution is 2.40. The number of imide groups is 1. The van der Waals surface area contributed by atoms with Gasteiger partial charge in [0.1, 0.15) is 11.5 Å². The molecule has 3 heterocycles. The lowest BCUT2D eigenvalue weighted by Gasteiger charge is -2.12. The van der Waals surface area contributed by atoms with Crippen LogP contribution in [0.4, 0.5) is 10.5 Å². The van der Waals surface area contributed by atoms with Crippen LogP contribution in [-0.4, -0.2) is 44.1 Å². The zero-order valence-corrected chi connectivity index (χ0v) is 23.1. The van der Waals surface area contributed by atoms with Crippen LogP contribution in [0, 0.1) is 13.8 Å². The Labute approximate surface area is 232 Å². The Morgan fingerprint density at radius 1 is 1.16 bits per heavy atom. The van der Waals surface area contributed by atoms with E-state index in [-0.39, 0.29) is 4.91 Å². The summed E-state index contributed by atoms with van der Waals surface area (Å²) in [6.07, 6.45) is 5.30. The van der Waals surface area contributed by atoms with E-state index in [9.17, 15) is 24.3 Å². The highest BCUT2D eigenvalue weighted by Gasteiger charge is 2.37. The van der Waals surface area contributed by atoms with Gasteiger partial charge in [-0.05, 0) is 92.8 Å². The molecule has 2 aromatic heterocycles. The van der Waals surface area contributed by atoms with Gasteiger partial charge in [0.25, 0.3) is 11.1 Å². The first-order valence-corrected chi connectivity index (χ1v) is 14.0. The van der Waals surface area contributed by atoms with Crippen molar-refractivity contribution in [1.82, 2.24) is 9.47 Å². The molecule has 1 aliphatic heterocycles. The molecular formula is C27H24ClN3O5S2. The standard InChI is InChI=1S/C27H24ClN3O5S2/c1-14-10-16(15(2)31(14)25-23(26(34)35)19-8-3-4-9-20(19)37-25)11-21-24(33)30(27(36)38-21)13-22(32)29-18-7-5-6-17(28)12-18/h5-7,10-12H,3-4,8-9,13H2,1-2H3,(H,29,32)(H,34,35)/b21-11-. The molecule has 38 heavy (non-hydrogen) atoms. The lowest BCUT2D eigenvalue weighted by atomic mass is 9.95. The van der Waals surface area contributed by atoms with E-state index in [0.717, 1.165) is 64.2 Å². The number of rotatable bonds is 6. The second kappa shape index (κ2) is 10.4. The van der Waals surface area contributed by atoms with Gasteiger partial charge in [0.2, 0.25) is 5.91 Å². The Morgan fingerprint density at radius 3 is 2.66 bits per heavy atom. The van der Waals surface area contributed by atoms with Crippen molar-refractivity contribution < 1.29 is 24.3 Å². The summed E-state index contributed by atoms with van der Waals surface area (Å²) in [5.41, 5.74) is 4.05. The fourth-order valence-corrected chi connectivity index (χ4v) is 7.38. The second-order valence-electron chi connectivity index (χ2n) is 9.18. The van der Waals surface area contributed by atoms with Crippen LogP contribution in [0.15, 0.2) is 35.2 Å². The predicted octanol–water partition coefficient (Wildman–Crippen LogP) is 6.06. The Hall–Kier alpha value is -3.34. The number of aryl methyl sites for hydroxylation is 2. The highest BCUT2D eigenvalue weighted by molar-refractivity contribution is 8.18. The molecule has 2 aliphatic rings. The average molecular weight is 570 g/mol. The van der Waals surface area contributed by atoms with Crippen molar-refractivity contribution in [2.75, 3.05) is 11.9 Å². The number of thiophene rings is 1. The number of fused-ring (bicyclic) bond motifs is 1. The summed E-state index contributed by atoms with van der Waals surface area (Å²) in [5, 5.41) is 13.2. The fourth-order valence-electron chi connectivity index (χ4n) is 4.86. The van der Waals surface area contributed by atoms with Crippen molar-refractivity contribution >= 4 is 69.5 Å². The van der Waals surface area contributed by atoms with Crippen LogP contribution in [0.3, 0.4) is 0 Å². The van der Waals surface area contributed by atoms with E-state index in [4.69, 9.17) is 11.6 Å². The number of amides is 3. The molecule has 0 bridgehead atoms. The molecule has 2 N–H and O–H groups in total. The van der Waals surface area contributed by atoms with Gasteiger partial charge in [-0.3, -0.25) is 19.3 Å². The molecule has 1 saturated heterocycles. The number of carboxylic acids is 1. The monoisotopic (exact) mass is 569 g/mol. The third kappa shape index (κ3) is 4.91. The van der Waals surface area contributed by atoms with E-state index in [2.05, 4.69) is 5.32 Å². The lowest BCUT2D eigenvalue weighted by Crippen LogP contribution is -2.36. The number of aromatic carboxylic acids is 1. The first kappa shape index (κ1) is 26.3. The summed E-state index contributed by atoms with van der Waals surface area (Å²) in [7, 11) is 0. The third-order valence-electron chi connectivity index (χ3n) is 6.61. The van der Waals surface area contributed by atoms with Gasteiger partial charge in [-0.1, -0.05) is 17.7 Å². The van der Waals surface area contributed by atoms with Crippen LogP contribution < -0.4 is 5.32 Å². The van der Waals surface area contributed by atoms with Crippen molar-refractivity contribution in [2.24, 2.45) is 0 Å². The van der Waals surface area contributed by atoms with Gasteiger partial charge in [-0.15, -0.1) is 11.3 Å². The van der Waals surface area contributed by atoms with Gasteiger partial charge in [0, 0.05) is 27.0 Å².